The topological polar surface area (TPSA) is 66.0 Å². The average Bonchev–Trinajstić information content (AvgIpc) is 3.22. The highest BCUT2D eigenvalue weighted by Gasteiger charge is 2.12. The van der Waals surface area contributed by atoms with Crippen LogP contribution in [-0.2, 0) is 13.1 Å². The van der Waals surface area contributed by atoms with Gasteiger partial charge in [-0.25, -0.2) is 9.13 Å². The first kappa shape index (κ1) is 35.7. The summed E-state index contributed by atoms with van der Waals surface area (Å²) in [5, 5.41) is 5.92. The molecule has 0 radical (unpaired) electrons. The molecule has 2 amide bonds. The molecule has 5 aromatic carbocycles. The third kappa shape index (κ3) is 8.68. The Balaban J connectivity index is 0.924. The molecule has 0 fully saturated rings. The number of anilines is 2. The Labute approximate surface area is 317 Å². The number of benzene rings is 5. The number of aromatic nitrogens is 2. The van der Waals surface area contributed by atoms with Gasteiger partial charge in [-0.15, -0.1) is 0 Å². The van der Waals surface area contributed by atoms with Gasteiger partial charge in [0.2, 0.25) is 0 Å². The summed E-state index contributed by atoms with van der Waals surface area (Å²) in [4.78, 5) is 26.0. The number of pyridine rings is 2. The van der Waals surface area contributed by atoms with Gasteiger partial charge in [0.1, 0.15) is 13.1 Å². The highest BCUT2D eigenvalue weighted by atomic mass is 16.2. The fourth-order valence-electron chi connectivity index (χ4n) is 6.56. The molecule has 0 spiro atoms. The third-order valence-electron chi connectivity index (χ3n) is 9.48. The van der Waals surface area contributed by atoms with Crippen molar-refractivity contribution >= 4 is 23.2 Å². The first-order valence-electron chi connectivity index (χ1n) is 18.6. The van der Waals surface area contributed by atoms with Crippen molar-refractivity contribution in [2.45, 2.75) is 39.8 Å². The summed E-state index contributed by atoms with van der Waals surface area (Å²) >= 11 is 0. The lowest BCUT2D eigenvalue weighted by molar-refractivity contribution is -0.696. The van der Waals surface area contributed by atoms with Crippen LogP contribution in [0.4, 0.5) is 11.4 Å². The van der Waals surface area contributed by atoms with Crippen LogP contribution in [0.5, 0.6) is 0 Å². The van der Waals surface area contributed by atoms with Crippen molar-refractivity contribution in [3.8, 4) is 44.5 Å². The number of hydrogen-bond acceptors (Lipinski definition) is 2. The first-order chi connectivity index (χ1) is 26.4. The lowest BCUT2D eigenvalue weighted by Crippen LogP contribution is -2.32. The van der Waals surface area contributed by atoms with Crippen LogP contribution in [-0.4, -0.2) is 11.8 Å². The van der Waals surface area contributed by atoms with Crippen LogP contribution >= 0.6 is 0 Å². The largest absolute Gasteiger partial charge is 0.322 e. The molecule has 2 N–H and O–H groups in total. The number of nitrogens with one attached hydrogen (secondary N) is 2. The van der Waals surface area contributed by atoms with E-state index in [2.05, 4.69) is 131 Å². The van der Waals surface area contributed by atoms with E-state index in [9.17, 15) is 9.59 Å². The van der Waals surface area contributed by atoms with Gasteiger partial charge in [-0.05, 0) is 94.0 Å². The Morgan fingerprint density at radius 2 is 0.704 bits per heavy atom. The van der Waals surface area contributed by atoms with Gasteiger partial charge in [-0.1, -0.05) is 86.6 Å². The van der Waals surface area contributed by atoms with E-state index in [0.717, 1.165) is 53.7 Å². The summed E-state index contributed by atoms with van der Waals surface area (Å²) in [7, 11) is 0. The van der Waals surface area contributed by atoms with Crippen LogP contribution in [0.3, 0.4) is 0 Å². The molecule has 0 aliphatic rings. The van der Waals surface area contributed by atoms with Crippen molar-refractivity contribution in [1.29, 1.82) is 0 Å². The van der Waals surface area contributed by atoms with Crippen molar-refractivity contribution in [1.82, 2.24) is 0 Å². The highest BCUT2D eigenvalue weighted by molar-refractivity contribution is 6.07. The SMILES string of the molecule is CCC[n+]1cccc(-c2ccc(NC(=O)c3ccc(C(=O)Nc4ccc(-c5ccc(-c6ccc(-c7ccc[n+](CCC)c7)cc6)cc5)cc4)cc3)cc2)c1. The number of aryl methyl sites for hydroxylation is 2. The van der Waals surface area contributed by atoms with Crippen molar-refractivity contribution in [2.75, 3.05) is 10.6 Å². The summed E-state index contributed by atoms with van der Waals surface area (Å²) in [6, 6.07) is 48.0. The molecule has 2 aromatic heterocycles. The lowest BCUT2D eigenvalue weighted by atomic mass is 9.98. The summed E-state index contributed by atoms with van der Waals surface area (Å²) in [5.41, 5.74) is 11.4. The summed E-state index contributed by atoms with van der Waals surface area (Å²) in [6.45, 7) is 6.34. The number of amides is 2. The normalized spacial score (nSPS) is 10.9. The van der Waals surface area contributed by atoms with Crippen molar-refractivity contribution in [2.24, 2.45) is 0 Å². The first-order valence-corrected chi connectivity index (χ1v) is 18.6. The van der Waals surface area contributed by atoms with E-state index in [4.69, 9.17) is 0 Å². The average molecular weight is 709 g/mol. The van der Waals surface area contributed by atoms with Gasteiger partial charge in [0.15, 0.2) is 24.8 Å². The molecule has 6 heteroatoms. The Morgan fingerprint density at radius 1 is 0.407 bits per heavy atom. The van der Waals surface area contributed by atoms with Crippen molar-refractivity contribution < 1.29 is 18.7 Å². The minimum atomic E-state index is -0.241. The molecular formula is C48H44N4O2+2. The summed E-state index contributed by atoms with van der Waals surface area (Å²) in [6.07, 6.45) is 10.7. The second-order valence-electron chi connectivity index (χ2n) is 13.5. The maximum atomic E-state index is 13.0. The molecule has 7 aromatic rings. The van der Waals surface area contributed by atoms with E-state index in [-0.39, 0.29) is 11.8 Å². The standard InChI is InChI=1S/C48H42N4O2/c1-3-29-51-31-5-7-43(33-51)39-15-13-36(14-16-39)35-9-11-37(12-10-35)38-21-25-45(26-22-38)49-47(53)41-17-19-42(20-18-41)48(54)50-46-27-23-40(24-28-46)44-8-6-32-52(34-44)30-4-2/h5-28,31-34H,3-4,29-30H2,1-2H3/p+2. The van der Waals surface area contributed by atoms with Crippen LogP contribution in [0.2, 0.25) is 0 Å². The number of carbonyl (C=O) groups excluding carboxylic acids is 2. The molecule has 0 unspecified atom stereocenters. The zero-order valence-corrected chi connectivity index (χ0v) is 30.7. The highest BCUT2D eigenvalue weighted by Crippen LogP contribution is 2.28. The van der Waals surface area contributed by atoms with Gasteiger partial charge in [-0.3, -0.25) is 9.59 Å². The van der Waals surface area contributed by atoms with E-state index < -0.39 is 0 Å². The fourth-order valence-corrected chi connectivity index (χ4v) is 6.56. The number of rotatable bonds is 12. The minimum absolute atomic E-state index is 0.236. The van der Waals surface area contributed by atoms with Crippen LogP contribution in [0.1, 0.15) is 47.4 Å². The van der Waals surface area contributed by atoms with E-state index >= 15 is 0 Å². The molecule has 0 saturated carbocycles. The Kier molecular flexibility index (Phi) is 11.1. The van der Waals surface area contributed by atoms with Crippen molar-refractivity contribution in [3.05, 3.63) is 182 Å². The van der Waals surface area contributed by atoms with E-state index in [1.165, 1.54) is 16.7 Å². The lowest BCUT2D eigenvalue weighted by Gasteiger charge is -2.09. The fraction of sp³-hybridized carbons (Fsp3) is 0.125. The zero-order valence-electron chi connectivity index (χ0n) is 30.7. The summed E-state index contributed by atoms with van der Waals surface area (Å²) < 4.78 is 4.42. The molecule has 0 saturated heterocycles. The number of hydrogen-bond donors (Lipinski definition) is 2. The molecule has 0 aliphatic carbocycles. The molecule has 2 heterocycles. The quantitative estimate of drug-likeness (QED) is 0.124. The summed E-state index contributed by atoms with van der Waals surface area (Å²) in [5.74, 6) is -0.478. The van der Waals surface area contributed by atoms with Gasteiger partial charge in [0, 0.05) is 58.6 Å². The molecule has 6 nitrogen and oxygen atoms in total. The van der Waals surface area contributed by atoms with Crippen LogP contribution in [0.15, 0.2) is 170 Å². The molecule has 0 atom stereocenters. The van der Waals surface area contributed by atoms with Crippen LogP contribution < -0.4 is 19.8 Å². The predicted octanol–water partition coefficient (Wildman–Crippen LogP) is 10.3. The molecule has 0 bridgehead atoms. The zero-order chi connectivity index (χ0) is 37.3. The molecule has 0 aliphatic heterocycles. The van der Waals surface area contributed by atoms with E-state index in [1.54, 1.807) is 24.3 Å². The Morgan fingerprint density at radius 3 is 1.02 bits per heavy atom. The minimum Gasteiger partial charge on any atom is -0.322 e. The third-order valence-corrected chi connectivity index (χ3v) is 9.48. The number of nitrogens with zero attached hydrogens (tertiary/aromatic N) is 2. The maximum Gasteiger partial charge on any atom is 0.255 e. The van der Waals surface area contributed by atoms with Gasteiger partial charge in [-0.2, -0.15) is 0 Å². The second-order valence-corrected chi connectivity index (χ2v) is 13.5. The molecule has 7 rings (SSSR count). The van der Waals surface area contributed by atoms with Crippen LogP contribution in [0, 0.1) is 0 Å². The molecule has 54 heavy (non-hydrogen) atoms. The van der Waals surface area contributed by atoms with Crippen LogP contribution in [0.25, 0.3) is 44.5 Å². The smallest absolute Gasteiger partial charge is 0.255 e. The molecular weight excluding hydrogens is 665 g/mol. The monoisotopic (exact) mass is 708 g/mol. The van der Waals surface area contributed by atoms with Gasteiger partial charge in [0.25, 0.3) is 11.8 Å². The van der Waals surface area contributed by atoms with E-state index in [1.807, 2.05) is 48.5 Å². The van der Waals surface area contributed by atoms with Gasteiger partial charge in [0.05, 0.1) is 0 Å². The predicted molar refractivity (Wildman–Crippen MR) is 218 cm³/mol. The van der Waals surface area contributed by atoms with Crippen molar-refractivity contribution in [3.63, 3.8) is 0 Å². The molecule has 266 valence electrons. The van der Waals surface area contributed by atoms with Gasteiger partial charge < -0.3 is 10.6 Å². The Bertz CT molecular complexity index is 2350. The second kappa shape index (κ2) is 16.8. The van der Waals surface area contributed by atoms with E-state index in [0.29, 0.717) is 22.5 Å². The Hall–Kier alpha value is -6.66. The van der Waals surface area contributed by atoms with Gasteiger partial charge >= 0.3 is 0 Å². The maximum absolute atomic E-state index is 13.0. The number of carbonyl (C=O) groups is 2.